The van der Waals surface area contributed by atoms with Crippen molar-refractivity contribution in [3.63, 3.8) is 0 Å². The van der Waals surface area contributed by atoms with Gasteiger partial charge in [0.05, 0.1) is 0 Å². The van der Waals surface area contributed by atoms with Gasteiger partial charge in [-0.1, -0.05) is 144 Å². The van der Waals surface area contributed by atoms with Crippen molar-refractivity contribution in [2.24, 2.45) is 0 Å². The summed E-state index contributed by atoms with van der Waals surface area (Å²) >= 11 is 0. The molecule has 0 aliphatic carbocycles. The Bertz CT molecular complexity index is 1350. The van der Waals surface area contributed by atoms with E-state index >= 15 is 0 Å². The molecule has 3 aromatic rings. The lowest BCUT2D eigenvalue weighted by atomic mass is 9.82. The van der Waals surface area contributed by atoms with Crippen molar-refractivity contribution in [3.8, 4) is 0 Å². The smallest absolute Gasteiger partial charge is 0.186 e. The summed E-state index contributed by atoms with van der Waals surface area (Å²) in [4.78, 5) is 27.2. The van der Waals surface area contributed by atoms with Crippen LogP contribution in [0.2, 0.25) is 0 Å². The quantitative estimate of drug-likeness (QED) is 0.155. The highest BCUT2D eigenvalue weighted by atomic mass is 16.1. The van der Waals surface area contributed by atoms with Gasteiger partial charge in [0.1, 0.15) is 0 Å². The van der Waals surface area contributed by atoms with Gasteiger partial charge < -0.3 is 0 Å². The molecule has 0 spiro atoms. The van der Waals surface area contributed by atoms with Gasteiger partial charge in [0.2, 0.25) is 0 Å². The van der Waals surface area contributed by atoms with Gasteiger partial charge in [-0.2, -0.15) is 0 Å². The van der Waals surface area contributed by atoms with Gasteiger partial charge in [-0.25, -0.2) is 0 Å². The standard InChI is InChI=1S/C42H54O2/c1-25(2)33-21-35(27(5)6)41(36(22-33)28(7)8)39(43)19-17-31-13-15-32(16-14-31)18-20-40(44)42-37(29(9)10)23-34(26(3)4)24-38(42)30(11)12/h13-30H,1-12H3/b19-17+,20-18+. The Morgan fingerprint density at radius 3 is 0.886 bits per heavy atom. The van der Waals surface area contributed by atoms with E-state index < -0.39 is 0 Å². The van der Waals surface area contributed by atoms with Crippen molar-refractivity contribution in [2.75, 3.05) is 0 Å². The van der Waals surface area contributed by atoms with Crippen LogP contribution in [0.15, 0.2) is 60.7 Å². The summed E-state index contributed by atoms with van der Waals surface area (Å²) in [5.41, 5.74) is 10.7. The highest BCUT2D eigenvalue weighted by Crippen LogP contribution is 2.34. The van der Waals surface area contributed by atoms with Gasteiger partial charge in [0, 0.05) is 11.1 Å². The Kier molecular flexibility index (Phi) is 11.9. The molecule has 0 saturated carbocycles. The predicted molar refractivity (Wildman–Crippen MR) is 191 cm³/mol. The van der Waals surface area contributed by atoms with E-state index in [0.717, 1.165) is 44.5 Å². The predicted octanol–water partition coefficient (Wildman–Crippen LogP) is 12.2. The van der Waals surface area contributed by atoms with E-state index in [9.17, 15) is 9.59 Å². The zero-order valence-corrected chi connectivity index (χ0v) is 29.2. The molecule has 2 heteroatoms. The van der Waals surface area contributed by atoms with Crippen molar-refractivity contribution in [3.05, 3.63) is 116 Å². The van der Waals surface area contributed by atoms with Crippen molar-refractivity contribution in [2.45, 2.75) is 119 Å². The summed E-state index contributed by atoms with van der Waals surface area (Å²) in [6, 6.07) is 16.9. The zero-order valence-electron chi connectivity index (χ0n) is 29.2. The molecule has 234 valence electrons. The molecule has 2 nitrogen and oxygen atoms in total. The zero-order chi connectivity index (χ0) is 32.9. The molecule has 0 heterocycles. The van der Waals surface area contributed by atoms with E-state index in [-0.39, 0.29) is 35.2 Å². The van der Waals surface area contributed by atoms with Crippen LogP contribution < -0.4 is 0 Å². The summed E-state index contributed by atoms with van der Waals surface area (Å²) in [7, 11) is 0. The molecular formula is C42H54O2. The molecule has 0 unspecified atom stereocenters. The molecule has 0 aromatic heterocycles. The average Bonchev–Trinajstić information content (AvgIpc) is 2.97. The van der Waals surface area contributed by atoms with Gasteiger partial charge in [-0.15, -0.1) is 0 Å². The van der Waals surface area contributed by atoms with Gasteiger partial charge in [0.15, 0.2) is 11.6 Å². The molecule has 0 atom stereocenters. The third kappa shape index (κ3) is 8.35. The second kappa shape index (κ2) is 15.0. The number of carbonyl (C=O) groups excluding carboxylic acids is 2. The lowest BCUT2D eigenvalue weighted by molar-refractivity contribution is 0.103. The summed E-state index contributed by atoms with van der Waals surface area (Å²) in [6.45, 7) is 26.1. The van der Waals surface area contributed by atoms with Crippen LogP contribution in [0.1, 0.15) is 184 Å². The fourth-order valence-electron chi connectivity index (χ4n) is 5.71. The molecule has 0 N–H and O–H groups in total. The molecule has 0 saturated heterocycles. The van der Waals surface area contributed by atoms with Crippen LogP contribution >= 0.6 is 0 Å². The van der Waals surface area contributed by atoms with Crippen LogP contribution in [0.3, 0.4) is 0 Å². The molecule has 0 amide bonds. The number of hydrogen-bond donors (Lipinski definition) is 0. The monoisotopic (exact) mass is 590 g/mol. The number of benzene rings is 3. The minimum absolute atomic E-state index is 0.0488. The number of hydrogen-bond acceptors (Lipinski definition) is 2. The molecule has 0 aliphatic heterocycles. The van der Waals surface area contributed by atoms with E-state index in [1.807, 2.05) is 36.4 Å². The van der Waals surface area contributed by atoms with Crippen LogP contribution in [0, 0.1) is 0 Å². The lowest BCUT2D eigenvalue weighted by Crippen LogP contribution is -2.10. The van der Waals surface area contributed by atoms with Gasteiger partial charge in [0.25, 0.3) is 0 Å². The summed E-state index contributed by atoms with van der Waals surface area (Å²) in [5.74, 6) is 1.95. The minimum atomic E-state index is 0.0488. The fourth-order valence-corrected chi connectivity index (χ4v) is 5.71. The topological polar surface area (TPSA) is 34.1 Å². The highest BCUT2D eigenvalue weighted by molar-refractivity contribution is 6.10. The minimum Gasteiger partial charge on any atom is -0.289 e. The second-order valence-electron chi connectivity index (χ2n) is 14.1. The molecular weight excluding hydrogens is 536 g/mol. The Hall–Kier alpha value is -3.52. The molecule has 0 aliphatic rings. The maximum Gasteiger partial charge on any atom is 0.186 e. The summed E-state index contributed by atoms with van der Waals surface area (Å²) < 4.78 is 0. The summed E-state index contributed by atoms with van der Waals surface area (Å²) in [5, 5.41) is 0. The van der Waals surface area contributed by atoms with Crippen molar-refractivity contribution in [1.29, 1.82) is 0 Å². The maximum absolute atomic E-state index is 13.6. The van der Waals surface area contributed by atoms with Crippen molar-refractivity contribution >= 4 is 23.7 Å². The molecule has 44 heavy (non-hydrogen) atoms. The summed E-state index contributed by atoms with van der Waals surface area (Å²) in [6.07, 6.45) is 7.20. The average molecular weight is 591 g/mol. The first-order valence-electron chi connectivity index (χ1n) is 16.5. The van der Waals surface area contributed by atoms with Crippen LogP contribution in [-0.2, 0) is 0 Å². The van der Waals surface area contributed by atoms with Crippen LogP contribution in [0.4, 0.5) is 0 Å². The fraction of sp³-hybridized carbons (Fsp3) is 0.429. The lowest BCUT2D eigenvalue weighted by Gasteiger charge is -2.21. The van der Waals surface area contributed by atoms with Crippen LogP contribution in [0.25, 0.3) is 12.2 Å². The second-order valence-corrected chi connectivity index (χ2v) is 14.1. The van der Waals surface area contributed by atoms with E-state index in [1.165, 1.54) is 11.1 Å². The number of ketones is 2. The van der Waals surface area contributed by atoms with Crippen molar-refractivity contribution < 1.29 is 9.59 Å². The first kappa shape index (κ1) is 35.0. The third-order valence-corrected chi connectivity index (χ3v) is 8.55. The van der Waals surface area contributed by atoms with E-state index in [0.29, 0.717) is 11.8 Å². The van der Waals surface area contributed by atoms with Crippen LogP contribution in [-0.4, -0.2) is 11.6 Å². The molecule has 0 radical (unpaired) electrons. The normalized spacial score (nSPS) is 12.4. The van der Waals surface area contributed by atoms with Gasteiger partial charge in [-0.05, 0) is 92.2 Å². The number of allylic oxidation sites excluding steroid dienone is 2. The number of rotatable bonds is 12. The molecule has 0 fully saturated rings. The molecule has 0 bridgehead atoms. The largest absolute Gasteiger partial charge is 0.289 e. The third-order valence-electron chi connectivity index (χ3n) is 8.55. The number of carbonyl (C=O) groups is 2. The Morgan fingerprint density at radius 2 is 0.682 bits per heavy atom. The first-order chi connectivity index (χ1) is 20.6. The van der Waals surface area contributed by atoms with E-state index in [2.05, 4.69) is 107 Å². The Morgan fingerprint density at radius 1 is 0.432 bits per heavy atom. The SMILES string of the molecule is CC(C)c1cc(C(C)C)c(C(=O)/C=C/c2ccc(/C=C/C(=O)c3c(C(C)C)cc(C(C)C)cc3C(C)C)cc2)c(C(C)C)c1. The van der Waals surface area contributed by atoms with Gasteiger partial charge >= 0.3 is 0 Å². The molecule has 3 rings (SSSR count). The Balaban J connectivity index is 1.88. The van der Waals surface area contributed by atoms with E-state index in [4.69, 9.17) is 0 Å². The highest BCUT2D eigenvalue weighted by Gasteiger charge is 2.22. The van der Waals surface area contributed by atoms with Crippen LogP contribution in [0.5, 0.6) is 0 Å². The first-order valence-corrected chi connectivity index (χ1v) is 16.5. The van der Waals surface area contributed by atoms with Gasteiger partial charge in [-0.3, -0.25) is 9.59 Å². The van der Waals surface area contributed by atoms with Crippen molar-refractivity contribution in [1.82, 2.24) is 0 Å². The Labute approximate surface area is 267 Å². The van der Waals surface area contributed by atoms with E-state index in [1.54, 1.807) is 12.2 Å². The molecule has 3 aromatic carbocycles. The maximum atomic E-state index is 13.6.